The van der Waals surface area contributed by atoms with Crippen LogP contribution in [0.3, 0.4) is 0 Å². The van der Waals surface area contributed by atoms with Crippen molar-refractivity contribution in [3.63, 3.8) is 0 Å². The van der Waals surface area contributed by atoms with Crippen LogP contribution in [0.25, 0.3) is 0 Å². The van der Waals surface area contributed by atoms with Gasteiger partial charge in [0.2, 0.25) is 5.91 Å². The van der Waals surface area contributed by atoms with E-state index in [4.69, 9.17) is 0 Å². The number of nitrogens with one attached hydrogen (secondary N) is 1. The number of carbonyl (C=O) groups excluding carboxylic acids is 1. The lowest BCUT2D eigenvalue weighted by molar-refractivity contribution is -0.145. The number of benzene rings is 1. The summed E-state index contributed by atoms with van der Waals surface area (Å²) in [5, 5.41) is 0. The van der Waals surface area contributed by atoms with E-state index in [1.54, 1.807) is 0 Å². The van der Waals surface area contributed by atoms with Gasteiger partial charge in [-0.1, -0.05) is 37.3 Å². The Bertz CT molecular complexity index is 572. The van der Waals surface area contributed by atoms with Crippen molar-refractivity contribution in [3.05, 3.63) is 35.9 Å². The first-order chi connectivity index (χ1) is 11.1. The molecule has 0 radical (unpaired) electrons. The second kappa shape index (κ2) is 7.06. The Morgan fingerprint density at radius 1 is 1.33 bits per heavy atom. The molecule has 0 aliphatic carbocycles. The van der Waals surface area contributed by atoms with Gasteiger partial charge in [0.25, 0.3) is 0 Å². The summed E-state index contributed by atoms with van der Waals surface area (Å²) in [6.07, 6.45) is 1.73. The quantitative estimate of drug-likeness (QED) is 0.847. The third kappa shape index (κ3) is 3.79. The monoisotopic (exact) mass is 350 g/mol. The number of rotatable bonds is 4. The Kier molecular flexibility index (Phi) is 5.68. The highest BCUT2D eigenvalue weighted by atomic mass is 32.2. The zero-order valence-electron chi connectivity index (χ0n) is 15.6. The third-order valence-corrected chi connectivity index (χ3v) is 6.70. The fraction of sp³-hybridized carbons (Fsp3) is 0.632. The number of likely N-dealkylation sites (N-methyl/N-ethyl adjacent to an activating group) is 1. The van der Waals surface area contributed by atoms with Gasteiger partial charge in [-0.25, -0.2) is 0 Å². The van der Waals surface area contributed by atoms with Crippen molar-refractivity contribution in [2.24, 2.45) is 5.92 Å². The summed E-state index contributed by atoms with van der Waals surface area (Å²) in [6.45, 7) is 9.95. The summed E-state index contributed by atoms with van der Waals surface area (Å²) >= 11 is -1.22. The Labute approximate surface area is 149 Å². The molecule has 0 aromatic heterocycles. The summed E-state index contributed by atoms with van der Waals surface area (Å²) in [7, 11) is 1.87. The van der Waals surface area contributed by atoms with Crippen LogP contribution >= 0.6 is 0 Å². The maximum atomic E-state index is 12.8. The van der Waals surface area contributed by atoms with Crippen LogP contribution in [0.2, 0.25) is 0 Å². The Hall–Kier alpha value is -1.04. The maximum Gasteiger partial charge on any atom is 0.225 e. The molecule has 1 aliphatic heterocycles. The number of nitrogens with zero attached hydrogens (tertiary/aromatic N) is 1. The lowest BCUT2D eigenvalue weighted by Crippen LogP contribution is -2.60. The van der Waals surface area contributed by atoms with Crippen molar-refractivity contribution >= 4 is 17.3 Å². The second-order valence-electron chi connectivity index (χ2n) is 8.04. The first-order valence-electron chi connectivity index (χ1n) is 8.58. The molecule has 0 bridgehead atoms. The van der Waals surface area contributed by atoms with E-state index in [2.05, 4.69) is 11.6 Å². The first kappa shape index (κ1) is 19.3. The molecule has 1 amide bonds. The van der Waals surface area contributed by atoms with E-state index >= 15 is 0 Å². The van der Waals surface area contributed by atoms with Gasteiger partial charge in [-0.15, -0.1) is 4.72 Å². The fourth-order valence-corrected chi connectivity index (χ4v) is 4.16. The summed E-state index contributed by atoms with van der Waals surface area (Å²) in [5.74, 6) is 0.209. The molecule has 2 rings (SSSR count). The van der Waals surface area contributed by atoms with E-state index in [1.165, 1.54) is 0 Å². The number of hydrogen-bond donors (Lipinski definition) is 1. The minimum absolute atomic E-state index is 0.0487. The molecular formula is C19H30N2O2S. The van der Waals surface area contributed by atoms with Gasteiger partial charge in [-0.2, -0.15) is 0 Å². The standard InChI is InChI=1S/C19H30N2O2S/c1-14-12-13-19(5,21(6)17(14)22)16(15-10-8-7-9-11-15)20-24(23)18(2,3)4/h7-11,14,16,20H,12-13H2,1-6H3/t14?,16-,19?,24?/m1/s1. The predicted molar refractivity (Wildman–Crippen MR) is 99.8 cm³/mol. The van der Waals surface area contributed by atoms with E-state index in [0.717, 1.165) is 18.4 Å². The van der Waals surface area contributed by atoms with Gasteiger partial charge in [-0.05, 0) is 46.1 Å². The normalized spacial score (nSPS) is 27.9. The van der Waals surface area contributed by atoms with Gasteiger partial charge in [0.1, 0.15) is 10.8 Å². The van der Waals surface area contributed by atoms with Gasteiger partial charge >= 0.3 is 0 Å². The summed E-state index contributed by atoms with van der Waals surface area (Å²) in [6, 6.07) is 9.85. The van der Waals surface area contributed by atoms with Crippen molar-refractivity contribution < 1.29 is 9.35 Å². The van der Waals surface area contributed by atoms with Crippen molar-refractivity contribution in [2.45, 2.75) is 63.8 Å². The summed E-state index contributed by atoms with van der Waals surface area (Å²) in [5.41, 5.74) is 0.651. The molecule has 1 fully saturated rings. The molecule has 0 spiro atoms. The van der Waals surface area contributed by atoms with E-state index in [0.29, 0.717) is 0 Å². The molecule has 4 nitrogen and oxygen atoms in total. The average Bonchev–Trinajstić information content (AvgIpc) is 2.54. The van der Waals surface area contributed by atoms with E-state index in [9.17, 15) is 9.35 Å². The van der Waals surface area contributed by atoms with Gasteiger partial charge in [0.15, 0.2) is 0 Å². The lowest BCUT2D eigenvalue weighted by atomic mass is 9.77. The molecule has 24 heavy (non-hydrogen) atoms. The van der Waals surface area contributed by atoms with Crippen molar-refractivity contribution in [2.75, 3.05) is 7.05 Å². The number of carbonyl (C=O) groups is 1. The van der Waals surface area contributed by atoms with Crippen LogP contribution in [0.15, 0.2) is 30.3 Å². The molecule has 134 valence electrons. The van der Waals surface area contributed by atoms with E-state index < -0.39 is 16.9 Å². The highest BCUT2D eigenvalue weighted by Gasteiger charge is 2.48. The molecular weight excluding hydrogens is 320 g/mol. The number of amides is 1. The van der Waals surface area contributed by atoms with Crippen molar-refractivity contribution in [1.29, 1.82) is 0 Å². The van der Waals surface area contributed by atoms with E-state index in [1.807, 2.05) is 70.0 Å². The van der Waals surface area contributed by atoms with Gasteiger partial charge in [0, 0.05) is 24.3 Å². The van der Waals surface area contributed by atoms with Crippen LogP contribution in [0.5, 0.6) is 0 Å². The van der Waals surface area contributed by atoms with E-state index in [-0.39, 0.29) is 22.6 Å². The molecule has 1 saturated heterocycles. The smallest absolute Gasteiger partial charge is 0.225 e. The fourth-order valence-electron chi connectivity index (χ4n) is 3.20. The molecule has 1 heterocycles. The zero-order valence-corrected chi connectivity index (χ0v) is 16.4. The second-order valence-corrected chi connectivity index (χ2v) is 10.0. The molecule has 0 saturated carbocycles. The first-order valence-corrected chi connectivity index (χ1v) is 9.73. The van der Waals surface area contributed by atoms with Crippen molar-refractivity contribution in [1.82, 2.24) is 9.62 Å². The minimum atomic E-state index is -1.22. The lowest BCUT2D eigenvalue weighted by Gasteiger charge is -2.49. The number of hydrogen-bond acceptors (Lipinski definition) is 3. The molecule has 1 aliphatic rings. The Balaban J connectivity index is 2.40. The largest absolute Gasteiger partial charge is 0.598 e. The topological polar surface area (TPSA) is 55.4 Å². The molecule has 5 heteroatoms. The number of likely N-dealkylation sites (tertiary alicyclic amines) is 1. The highest BCUT2D eigenvalue weighted by Crippen LogP contribution is 2.40. The van der Waals surface area contributed by atoms with Crippen LogP contribution in [0.4, 0.5) is 0 Å². The molecule has 1 N–H and O–H groups in total. The van der Waals surface area contributed by atoms with Crippen LogP contribution in [-0.2, 0) is 16.2 Å². The Morgan fingerprint density at radius 2 is 1.92 bits per heavy atom. The zero-order chi connectivity index (χ0) is 18.1. The van der Waals surface area contributed by atoms with Gasteiger partial charge in [-0.3, -0.25) is 4.79 Å². The predicted octanol–water partition coefficient (Wildman–Crippen LogP) is 3.43. The maximum absolute atomic E-state index is 12.8. The molecule has 1 aromatic rings. The van der Waals surface area contributed by atoms with Crippen LogP contribution in [-0.4, -0.2) is 32.7 Å². The highest BCUT2D eigenvalue weighted by molar-refractivity contribution is 7.90. The summed E-state index contributed by atoms with van der Waals surface area (Å²) in [4.78, 5) is 14.4. The van der Waals surface area contributed by atoms with Gasteiger partial charge in [0.05, 0.1) is 5.54 Å². The minimum Gasteiger partial charge on any atom is -0.598 e. The van der Waals surface area contributed by atoms with Gasteiger partial charge < -0.3 is 9.45 Å². The van der Waals surface area contributed by atoms with Crippen LogP contribution < -0.4 is 4.72 Å². The Morgan fingerprint density at radius 3 is 2.46 bits per heavy atom. The van der Waals surface area contributed by atoms with Crippen molar-refractivity contribution in [3.8, 4) is 0 Å². The third-order valence-electron chi connectivity index (χ3n) is 5.14. The SMILES string of the molecule is CC1CCC(C)([C@H](N[S+]([O-])C(C)(C)C)c2ccccc2)N(C)C1=O. The molecule has 1 aromatic carbocycles. The molecule has 4 atom stereocenters. The average molecular weight is 351 g/mol. The van der Waals surface area contributed by atoms with Crippen LogP contribution in [0.1, 0.15) is 59.1 Å². The molecule has 3 unspecified atom stereocenters. The summed E-state index contributed by atoms with van der Waals surface area (Å²) < 4.78 is 15.7. The number of piperidine rings is 1. The van der Waals surface area contributed by atoms with Crippen LogP contribution in [0, 0.1) is 5.92 Å².